The van der Waals surface area contributed by atoms with Crippen LogP contribution in [0.3, 0.4) is 0 Å². The zero-order valence-corrected chi connectivity index (χ0v) is 9.72. The molecule has 0 radical (unpaired) electrons. The lowest BCUT2D eigenvalue weighted by Crippen LogP contribution is -2.46. The van der Waals surface area contributed by atoms with Crippen LogP contribution in [0, 0.1) is 11.3 Å². The van der Waals surface area contributed by atoms with Crippen molar-refractivity contribution in [1.29, 1.82) is 5.26 Å². The number of nitrogens with zero attached hydrogens (tertiary/aromatic N) is 2. The van der Waals surface area contributed by atoms with E-state index in [2.05, 4.69) is 16.5 Å². The van der Waals surface area contributed by atoms with Crippen molar-refractivity contribution in [2.45, 2.75) is 31.2 Å². The van der Waals surface area contributed by atoms with Gasteiger partial charge in [-0.3, -0.25) is 4.79 Å². The van der Waals surface area contributed by atoms with E-state index in [4.69, 9.17) is 16.8 Å². The number of carbonyl (C=O) groups excluding carboxylic acids is 1. The molecule has 88 valence electrons. The molecule has 1 aliphatic carbocycles. The third kappa shape index (κ3) is 3.31. The summed E-state index contributed by atoms with van der Waals surface area (Å²) in [4.78, 5) is 11.5. The van der Waals surface area contributed by atoms with E-state index < -0.39 is 5.54 Å². The van der Waals surface area contributed by atoms with Crippen molar-refractivity contribution in [2.75, 3.05) is 5.75 Å². The number of amides is 1. The lowest BCUT2D eigenvalue weighted by atomic mass is 10.0. The van der Waals surface area contributed by atoms with Gasteiger partial charge in [0.1, 0.15) is 5.54 Å². The first-order valence-corrected chi connectivity index (χ1v) is 5.99. The Kier molecular flexibility index (Phi) is 4.43. The highest BCUT2D eigenvalue weighted by atomic mass is 32.2. The fourth-order valence-electron chi connectivity index (χ4n) is 1.72. The topological polar surface area (TPSA) is 117 Å². The fraction of sp³-hybridized carbons (Fsp3) is 0.667. The molecule has 0 heterocycles. The summed E-state index contributed by atoms with van der Waals surface area (Å²) in [5, 5.41) is 15.2. The summed E-state index contributed by atoms with van der Waals surface area (Å²) >= 11 is 1.06. The average Bonchev–Trinajstić information content (AvgIpc) is 2.75. The van der Waals surface area contributed by atoms with E-state index in [1.807, 2.05) is 0 Å². The Balaban J connectivity index is 2.42. The predicted molar refractivity (Wildman–Crippen MR) is 63.2 cm³/mol. The second-order valence-corrected chi connectivity index (χ2v) is 4.70. The summed E-state index contributed by atoms with van der Waals surface area (Å²) in [6, 6.07) is 2.18. The number of hydrogen-bond acceptors (Lipinski definition) is 5. The van der Waals surface area contributed by atoms with Crippen LogP contribution in [0.2, 0.25) is 0 Å². The Bertz CT molecular complexity index is 329. The number of amidine groups is 1. The summed E-state index contributed by atoms with van der Waals surface area (Å²) in [7, 11) is 0. The smallest absolute Gasteiger partial charge is 0.231 e. The molecule has 1 rings (SSSR count). The van der Waals surface area contributed by atoms with Gasteiger partial charge in [-0.2, -0.15) is 10.4 Å². The summed E-state index contributed by atoms with van der Waals surface area (Å²) in [5.74, 6) is 4.86. The molecule has 5 N–H and O–H groups in total. The molecule has 0 spiro atoms. The van der Waals surface area contributed by atoms with Crippen LogP contribution in [0.1, 0.15) is 25.7 Å². The van der Waals surface area contributed by atoms with E-state index in [0.29, 0.717) is 0 Å². The van der Waals surface area contributed by atoms with Crippen LogP contribution in [-0.4, -0.2) is 22.4 Å². The molecule has 0 atom stereocenters. The predicted octanol–water partition coefficient (Wildman–Crippen LogP) is -0.139. The van der Waals surface area contributed by atoms with Crippen LogP contribution in [-0.2, 0) is 4.79 Å². The van der Waals surface area contributed by atoms with E-state index in [0.717, 1.165) is 37.4 Å². The zero-order chi connectivity index (χ0) is 12.0. The monoisotopic (exact) mass is 241 g/mol. The number of nitrogens with one attached hydrogen (secondary N) is 1. The molecule has 6 nitrogen and oxygen atoms in total. The third-order valence-electron chi connectivity index (χ3n) is 2.53. The van der Waals surface area contributed by atoms with E-state index in [1.54, 1.807) is 0 Å². The van der Waals surface area contributed by atoms with Crippen LogP contribution < -0.4 is 16.9 Å². The molecule has 1 amide bonds. The van der Waals surface area contributed by atoms with Gasteiger partial charge in [0.25, 0.3) is 0 Å². The summed E-state index contributed by atoms with van der Waals surface area (Å²) in [6.07, 6.45) is 3.40. The molecule has 16 heavy (non-hydrogen) atoms. The zero-order valence-electron chi connectivity index (χ0n) is 8.90. The van der Waals surface area contributed by atoms with Crippen molar-refractivity contribution < 1.29 is 4.79 Å². The van der Waals surface area contributed by atoms with Crippen LogP contribution >= 0.6 is 11.8 Å². The number of nitriles is 1. The van der Waals surface area contributed by atoms with Gasteiger partial charge in [0.2, 0.25) is 5.91 Å². The number of nitrogens with two attached hydrogens (primary N) is 2. The minimum Gasteiger partial charge on any atom is -0.377 e. The molecule has 0 aromatic rings. The molecule has 0 bridgehead atoms. The highest BCUT2D eigenvalue weighted by Gasteiger charge is 2.35. The number of carbonyl (C=O) groups is 1. The molecular formula is C9H15N5OS. The van der Waals surface area contributed by atoms with Crippen molar-refractivity contribution in [3.63, 3.8) is 0 Å². The van der Waals surface area contributed by atoms with Crippen LogP contribution in [0.5, 0.6) is 0 Å². The van der Waals surface area contributed by atoms with Gasteiger partial charge < -0.3 is 16.9 Å². The molecule has 1 saturated carbocycles. The standard InChI is InChI=1S/C9H15N5OS/c10-6-9(3-1-2-4-9)13-7(15)5-16-8(11)14-12/h1-5,12H2,(H2,11,14)(H,13,15). The van der Waals surface area contributed by atoms with Gasteiger partial charge in [0.05, 0.1) is 11.8 Å². The molecule has 0 saturated heterocycles. The Morgan fingerprint density at radius 3 is 2.69 bits per heavy atom. The van der Waals surface area contributed by atoms with Crippen molar-refractivity contribution in [2.24, 2.45) is 16.7 Å². The largest absolute Gasteiger partial charge is 0.377 e. The number of rotatable bonds is 3. The first-order valence-electron chi connectivity index (χ1n) is 5.00. The van der Waals surface area contributed by atoms with Gasteiger partial charge in [0.15, 0.2) is 5.17 Å². The minimum absolute atomic E-state index is 0.135. The Morgan fingerprint density at radius 1 is 1.56 bits per heavy atom. The van der Waals surface area contributed by atoms with E-state index in [-0.39, 0.29) is 16.8 Å². The van der Waals surface area contributed by atoms with Crippen molar-refractivity contribution in [3.05, 3.63) is 0 Å². The maximum Gasteiger partial charge on any atom is 0.231 e. The summed E-state index contributed by atoms with van der Waals surface area (Å²) in [6.45, 7) is 0. The molecule has 0 unspecified atom stereocenters. The van der Waals surface area contributed by atoms with Crippen LogP contribution in [0.4, 0.5) is 0 Å². The second-order valence-electron chi connectivity index (χ2n) is 3.71. The molecule has 7 heteroatoms. The molecule has 1 fully saturated rings. The fourth-order valence-corrected chi connectivity index (χ4v) is 2.15. The molecule has 0 aromatic heterocycles. The van der Waals surface area contributed by atoms with E-state index >= 15 is 0 Å². The second kappa shape index (κ2) is 5.61. The van der Waals surface area contributed by atoms with Gasteiger partial charge >= 0.3 is 0 Å². The van der Waals surface area contributed by atoms with Gasteiger partial charge in [0, 0.05) is 0 Å². The first-order chi connectivity index (χ1) is 7.62. The Morgan fingerprint density at radius 2 is 2.19 bits per heavy atom. The van der Waals surface area contributed by atoms with Crippen molar-refractivity contribution in [1.82, 2.24) is 5.32 Å². The van der Waals surface area contributed by atoms with Gasteiger partial charge in [-0.05, 0) is 25.7 Å². The third-order valence-corrected chi connectivity index (χ3v) is 3.34. The van der Waals surface area contributed by atoms with Gasteiger partial charge in [-0.15, -0.1) is 0 Å². The van der Waals surface area contributed by atoms with E-state index in [9.17, 15) is 4.79 Å². The number of hydrogen-bond donors (Lipinski definition) is 3. The highest BCUT2D eigenvalue weighted by Crippen LogP contribution is 2.28. The Hall–Kier alpha value is -1.42. The summed E-state index contributed by atoms with van der Waals surface area (Å²) < 4.78 is 0. The quantitative estimate of drug-likeness (QED) is 0.275. The molecule has 1 aliphatic rings. The molecule has 0 aliphatic heterocycles. The molecule has 0 aromatic carbocycles. The minimum atomic E-state index is -0.674. The Labute approximate surface area is 98.4 Å². The normalized spacial score (nSPS) is 19.1. The van der Waals surface area contributed by atoms with Crippen LogP contribution in [0.15, 0.2) is 5.10 Å². The maximum absolute atomic E-state index is 11.5. The highest BCUT2D eigenvalue weighted by molar-refractivity contribution is 8.14. The van der Waals surface area contributed by atoms with Crippen molar-refractivity contribution >= 4 is 22.8 Å². The van der Waals surface area contributed by atoms with Gasteiger partial charge in [-0.25, -0.2) is 0 Å². The van der Waals surface area contributed by atoms with E-state index in [1.165, 1.54) is 0 Å². The SMILES string of the molecule is N#CC1(NC(=O)CSC(N)=NN)CCCC1. The van der Waals surface area contributed by atoms with Crippen LogP contribution in [0.25, 0.3) is 0 Å². The first kappa shape index (κ1) is 12.6. The maximum atomic E-state index is 11.5. The number of thioether (sulfide) groups is 1. The lowest BCUT2D eigenvalue weighted by molar-refractivity contribution is -0.119. The van der Waals surface area contributed by atoms with Gasteiger partial charge in [-0.1, -0.05) is 11.8 Å². The summed E-state index contributed by atoms with van der Waals surface area (Å²) in [5.41, 5.74) is 4.66. The molecular weight excluding hydrogens is 226 g/mol. The number of hydrazone groups is 1. The van der Waals surface area contributed by atoms with Crippen molar-refractivity contribution in [3.8, 4) is 6.07 Å². The lowest BCUT2D eigenvalue weighted by Gasteiger charge is -2.21. The average molecular weight is 241 g/mol.